The van der Waals surface area contributed by atoms with Crippen molar-refractivity contribution in [3.63, 3.8) is 0 Å². The molecule has 1 saturated heterocycles. The molecule has 0 aromatic carbocycles. The average molecular weight is 340 g/mol. The molecule has 1 aliphatic heterocycles. The second kappa shape index (κ2) is 6.98. The van der Waals surface area contributed by atoms with Gasteiger partial charge < -0.3 is 9.88 Å². The van der Waals surface area contributed by atoms with Crippen LogP contribution in [0, 0.1) is 0 Å². The highest BCUT2D eigenvalue weighted by Gasteiger charge is 2.27. The van der Waals surface area contributed by atoms with Crippen molar-refractivity contribution in [2.75, 3.05) is 19.6 Å². The molecule has 1 atom stereocenters. The summed E-state index contributed by atoms with van der Waals surface area (Å²) >= 11 is 0. The van der Waals surface area contributed by atoms with E-state index in [1.165, 1.54) is 0 Å². The number of aromatic nitrogens is 5. The second-order valence-electron chi connectivity index (χ2n) is 6.91. The molecule has 23 heavy (non-hydrogen) atoms. The molecule has 1 unspecified atom stereocenters. The Morgan fingerprint density at radius 1 is 1.35 bits per heavy atom. The lowest BCUT2D eigenvalue weighted by molar-refractivity contribution is 0.143. The summed E-state index contributed by atoms with van der Waals surface area (Å²) in [5, 5.41) is 12.1. The number of halogens is 1. The third-order valence-electron chi connectivity index (χ3n) is 4.10. The average Bonchev–Trinajstić information content (AvgIpc) is 3.08. The van der Waals surface area contributed by atoms with Gasteiger partial charge in [0.2, 0.25) is 0 Å². The first-order valence-corrected chi connectivity index (χ1v) is 7.79. The summed E-state index contributed by atoms with van der Waals surface area (Å²) in [6, 6.07) is 0.272. The van der Waals surface area contributed by atoms with Gasteiger partial charge in [-0.3, -0.25) is 4.90 Å². The molecule has 1 N–H and O–H groups in total. The Kier molecular flexibility index (Phi) is 5.44. The molecular formula is C15H26ClN7. The zero-order valence-corrected chi connectivity index (χ0v) is 15.0. The minimum atomic E-state index is -0.0339. The lowest BCUT2D eigenvalue weighted by Crippen LogP contribution is -2.46. The third-order valence-corrected chi connectivity index (χ3v) is 4.10. The lowest BCUT2D eigenvalue weighted by Gasteiger charge is -2.35. The Morgan fingerprint density at radius 2 is 2.13 bits per heavy atom. The summed E-state index contributed by atoms with van der Waals surface area (Å²) in [6.45, 7) is 10.1. The first-order chi connectivity index (χ1) is 10.4. The van der Waals surface area contributed by atoms with E-state index in [1.807, 2.05) is 24.1 Å². The number of nitrogens with one attached hydrogen (secondary N) is 1. The van der Waals surface area contributed by atoms with E-state index >= 15 is 0 Å². The number of piperazine rings is 1. The van der Waals surface area contributed by atoms with Crippen molar-refractivity contribution >= 4 is 12.4 Å². The number of hydrogen-bond acceptors (Lipinski definition) is 5. The zero-order valence-electron chi connectivity index (χ0n) is 14.2. The van der Waals surface area contributed by atoms with Crippen LogP contribution in [0.5, 0.6) is 0 Å². The minimum absolute atomic E-state index is 0. The van der Waals surface area contributed by atoms with Gasteiger partial charge in [-0.15, -0.1) is 17.5 Å². The molecule has 0 spiro atoms. The maximum atomic E-state index is 4.52. The van der Waals surface area contributed by atoms with Crippen LogP contribution in [0.15, 0.2) is 18.6 Å². The van der Waals surface area contributed by atoms with E-state index in [4.69, 9.17) is 0 Å². The van der Waals surface area contributed by atoms with Crippen LogP contribution in [0.25, 0.3) is 0 Å². The van der Waals surface area contributed by atoms with Crippen molar-refractivity contribution < 1.29 is 0 Å². The van der Waals surface area contributed by atoms with E-state index in [0.29, 0.717) is 0 Å². The maximum Gasteiger partial charge on any atom is 0.127 e. The van der Waals surface area contributed by atoms with Crippen molar-refractivity contribution in [1.82, 2.24) is 34.8 Å². The lowest BCUT2D eigenvalue weighted by atomic mass is 10.1. The third kappa shape index (κ3) is 3.91. The molecule has 8 heteroatoms. The van der Waals surface area contributed by atoms with Gasteiger partial charge in [-0.2, -0.15) is 0 Å². The number of imidazole rings is 1. The maximum absolute atomic E-state index is 4.52. The van der Waals surface area contributed by atoms with Crippen LogP contribution in [-0.2, 0) is 19.1 Å². The Balaban J connectivity index is 0.00000192. The van der Waals surface area contributed by atoms with Gasteiger partial charge >= 0.3 is 0 Å². The first kappa shape index (κ1) is 17.9. The molecule has 1 aliphatic rings. The fourth-order valence-electron chi connectivity index (χ4n) is 2.80. The van der Waals surface area contributed by atoms with Crippen LogP contribution in [0.3, 0.4) is 0 Å². The molecule has 0 bridgehead atoms. The van der Waals surface area contributed by atoms with E-state index in [2.05, 4.69) is 57.0 Å². The summed E-state index contributed by atoms with van der Waals surface area (Å²) in [5.74, 6) is 1.09. The minimum Gasteiger partial charge on any atom is -0.337 e. The Labute approximate surface area is 143 Å². The van der Waals surface area contributed by atoms with Crippen LogP contribution in [0.2, 0.25) is 0 Å². The summed E-state index contributed by atoms with van der Waals surface area (Å²) in [6.07, 6.45) is 5.91. The van der Waals surface area contributed by atoms with Gasteiger partial charge in [-0.05, 0) is 20.8 Å². The van der Waals surface area contributed by atoms with Crippen molar-refractivity contribution in [1.29, 1.82) is 0 Å². The molecule has 0 aliphatic carbocycles. The zero-order chi connectivity index (χ0) is 15.7. The van der Waals surface area contributed by atoms with Gasteiger partial charge in [-0.25, -0.2) is 9.67 Å². The van der Waals surface area contributed by atoms with Gasteiger partial charge in [0.15, 0.2) is 0 Å². The predicted molar refractivity (Wildman–Crippen MR) is 91.5 cm³/mol. The van der Waals surface area contributed by atoms with Gasteiger partial charge in [0.1, 0.15) is 5.82 Å². The van der Waals surface area contributed by atoms with Crippen molar-refractivity contribution in [2.24, 2.45) is 7.05 Å². The first-order valence-electron chi connectivity index (χ1n) is 7.79. The van der Waals surface area contributed by atoms with E-state index in [0.717, 1.165) is 37.7 Å². The second-order valence-corrected chi connectivity index (χ2v) is 6.91. The molecule has 2 aromatic rings. The summed E-state index contributed by atoms with van der Waals surface area (Å²) in [7, 11) is 2.05. The fourth-order valence-corrected chi connectivity index (χ4v) is 2.80. The fraction of sp³-hybridized carbons (Fsp3) is 0.667. The molecule has 7 nitrogen and oxygen atoms in total. The number of rotatable bonds is 3. The molecule has 3 heterocycles. The smallest absolute Gasteiger partial charge is 0.127 e. The summed E-state index contributed by atoms with van der Waals surface area (Å²) in [5.41, 5.74) is 0.976. The molecule has 128 valence electrons. The number of nitrogens with zero attached hydrogens (tertiary/aromatic N) is 6. The molecule has 3 rings (SSSR count). The molecule has 1 fully saturated rings. The number of hydrogen-bond donors (Lipinski definition) is 1. The van der Waals surface area contributed by atoms with Crippen molar-refractivity contribution in [3.05, 3.63) is 30.1 Å². The van der Waals surface area contributed by atoms with Gasteiger partial charge in [0.05, 0.1) is 23.5 Å². The van der Waals surface area contributed by atoms with Crippen LogP contribution >= 0.6 is 12.4 Å². The Hall–Kier alpha value is -1.44. The van der Waals surface area contributed by atoms with Crippen LogP contribution < -0.4 is 5.32 Å². The topological polar surface area (TPSA) is 63.8 Å². The van der Waals surface area contributed by atoms with E-state index in [1.54, 1.807) is 0 Å². The Morgan fingerprint density at radius 3 is 2.74 bits per heavy atom. The van der Waals surface area contributed by atoms with E-state index in [-0.39, 0.29) is 24.0 Å². The standard InChI is InChI=1S/C15H25N7.ClH/c1-15(2,3)22-11-12(18-19-22)10-21-8-5-16-9-13(21)14-17-6-7-20(14)4;/h6-7,11,13,16H,5,8-10H2,1-4H3;1H. The highest BCUT2D eigenvalue weighted by molar-refractivity contribution is 5.85. The summed E-state index contributed by atoms with van der Waals surface area (Å²) < 4.78 is 4.02. The largest absolute Gasteiger partial charge is 0.337 e. The molecule has 0 amide bonds. The highest BCUT2D eigenvalue weighted by Crippen LogP contribution is 2.22. The van der Waals surface area contributed by atoms with Crippen LogP contribution in [0.4, 0.5) is 0 Å². The van der Waals surface area contributed by atoms with E-state index < -0.39 is 0 Å². The Bertz CT molecular complexity index is 628. The SMILES string of the molecule is Cl.Cn1ccnc1C1CNCCN1Cc1cn(C(C)(C)C)nn1. The molecule has 0 saturated carbocycles. The number of aryl methyl sites for hydroxylation is 1. The van der Waals surface area contributed by atoms with Gasteiger partial charge in [-0.1, -0.05) is 5.21 Å². The van der Waals surface area contributed by atoms with Gasteiger partial charge in [0, 0.05) is 45.6 Å². The van der Waals surface area contributed by atoms with E-state index in [9.17, 15) is 0 Å². The molecular weight excluding hydrogens is 314 g/mol. The van der Waals surface area contributed by atoms with Crippen LogP contribution in [-0.4, -0.2) is 49.1 Å². The monoisotopic (exact) mass is 339 g/mol. The highest BCUT2D eigenvalue weighted by atomic mass is 35.5. The van der Waals surface area contributed by atoms with Crippen LogP contribution in [0.1, 0.15) is 38.3 Å². The predicted octanol–water partition coefficient (Wildman–Crippen LogP) is 1.33. The quantitative estimate of drug-likeness (QED) is 0.914. The van der Waals surface area contributed by atoms with Gasteiger partial charge in [0.25, 0.3) is 0 Å². The molecule has 0 radical (unpaired) electrons. The van der Waals surface area contributed by atoms with Crippen molar-refractivity contribution in [3.8, 4) is 0 Å². The van der Waals surface area contributed by atoms with Crippen molar-refractivity contribution in [2.45, 2.75) is 38.9 Å². The summed E-state index contributed by atoms with van der Waals surface area (Å²) in [4.78, 5) is 6.94. The normalized spacial score (nSPS) is 19.6. The molecule has 2 aromatic heterocycles.